The molecule has 0 aliphatic carbocycles. The summed E-state index contributed by atoms with van der Waals surface area (Å²) in [6.07, 6.45) is 3.39. The van der Waals surface area contributed by atoms with Crippen LogP contribution in [0.15, 0.2) is 54.9 Å². The molecular formula is C19H20N6O2. The third-order valence-electron chi connectivity index (χ3n) is 4.32. The third-order valence-corrected chi connectivity index (χ3v) is 4.32. The standard InChI is InChI=1S/C19H20N6O2/c26-19(17-14-25(23-22-17)13-15-4-2-1-3-5-15)21-18-7-6-16(12-20-18)24-8-10-27-11-9-24/h1-7,12,14H,8-11,13H2,(H,20,21,26). The van der Waals surface area contributed by atoms with E-state index in [1.165, 1.54) is 0 Å². The van der Waals surface area contributed by atoms with Crippen molar-refractivity contribution in [3.63, 3.8) is 0 Å². The molecular weight excluding hydrogens is 344 g/mol. The van der Waals surface area contributed by atoms with Gasteiger partial charge in [0.15, 0.2) is 5.69 Å². The summed E-state index contributed by atoms with van der Waals surface area (Å²) in [6, 6.07) is 13.6. The summed E-state index contributed by atoms with van der Waals surface area (Å²) in [7, 11) is 0. The van der Waals surface area contributed by atoms with Crippen molar-refractivity contribution in [3.8, 4) is 0 Å². The van der Waals surface area contributed by atoms with Crippen molar-refractivity contribution in [2.45, 2.75) is 6.54 Å². The molecule has 1 amide bonds. The molecule has 3 aromatic rings. The van der Waals surface area contributed by atoms with Crippen molar-refractivity contribution >= 4 is 17.4 Å². The Morgan fingerprint density at radius 2 is 1.93 bits per heavy atom. The van der Waals surface area contributed by atoms with Gasteiger partial charge in [0, 0.05) is 13.1 Å². The van der Waals surface area contributed by atoms with Gasteiger partial charge in [-0.05, 0) is 17.7 Å². The number of carbonyl (C=O) groups excluding carboxylic acids is 1. The lowest BCUT2D eigenvalue weighted by molar-refractivity contribution is 0.102. The molecule has 0 atom stereocenters. The van der Waals surface area contributed by atoms with E-state index in [9.17, 15) is 4.79 Å². The van der Waals surface area contributed by atoms with E-state index in [1.807, 2.05) is 36.4 Å². The van der Waals surface area contributed by atoms with E-state index in [-0.39, 0.29) is 11.6 Å². The zero-order valence-electron chi connectivity index (χ0n) is 14.8. The monoisotopic (exact) mass is 364 g/mol. The number of hydrogen-bond donors (Lipinski definition) is 1. The Hall–Kier alpha value is -3.26. The highest BCUT2D eigenvalue weighted by atomic mass is 16.5. The Balaban J connectivity index is 1.37. The summed E-state index contributed by atoms with van der Waals surface area (Å²) in [5.74, 6) is 0.149. The van der Waals surface area contributed by atoms with Crippen molar-refractivity contribution in [2.75, 3.05) is 36.5 Å². The van der Waals surface area contributed by atoms with Gasteiger partial charge in [-0.15, -0.1) is 5.10 Å². The zero-order chi connectivity index (χ0) is 18.5. The van der Waals surface area contributed by atoms with E-state index in [4.69, 9.17) is 4.74 Å². The molecule has 1 aliphatic rings. The minimum atomic E-state index is -0.332. The first-order valence-corrected chi connectivity index (χ1v) is 8.82. The second-order valence-electron chi connectivity index (χ2n) is 6.24. The van der Waals surface area contributed by atoms with Crippen molar-refractivity contribution in [1.82, 2.24) is 20.0 Å². The first-order valence-electron chi connectivity index (χ1n) is 8.82. The van der Waals surface area contributed by atoms with Gasteiger partial charge < -0.3 is 15.0 Å². The minimum absolute atomic E-state index is 0.255. The summed E-state index contributed by atoms with van der Waals surface area (Å²) in [6.45, 7) is 3.69. The molecule has 1 saturated heterocycles. The van der Waals surface area contributed by atoms with Crippen LogP contribution in [0.1, 0.15) is 16.1 Å². The lowest BCUT2D eigenvalue weighted by Crippen LogP contribution is -2.36. The lowest BCUT2D eigenvalue weighted by atomic mass is 10.2. The molecule has 0 unspecified atom stereocenters. The molecule has 1 aromatic carbocycles. The molecule has 3 heterocycles. The van der Waals surface area contributed by atoms with E-state index in [1.54, 1.807) is 23.1 Å². The van der Waals surface area contributed by atoms with E-state index in [0.717, 1.165) is 37.6 Å². The first-order chi connectivity index (χ1) is 13.3. The number of hydrogen-bond acceptors (Lipinski definition) is 6. The molecule has 8 heteroatoms. The van der Waals surface area contributed by atoms with E-state index < -0.39 is 0 Å². The van der Waals surface area contributed by atoms with Crippen LogP contribution in [0.5, 0.6) is 0 Å². The second kappa shape index (κ2) is 7.96. The Kier molecular flexibility index (Phi) is 5.06. The number of aromatic nitrogens is 4. The highest BCUT2D eigenvalue weighted by Gasteiger charge is 2.14. The molecule has 8 nitrogen and oxygen atoms in total. The Labute approximate surface area is 156 Å². The maximum absolute atomic E-state index is 12.4. The van der Waals surface area contributed by atoms with Crippen molar-refractivity contribution in [2.24, 2.45) is 0 Å². The number of nitrogens with zero attached hydrogens (tertiary/aromatic N) is 5. The summed E-state index contributed by atoms with van der Waals surface area (Å²) in [4.78, 5) is 18.9. The number of carbonyl (C=O) groups is 1. The van der Waals surface area contributed by atoms with E-state index in [2.05, 4.69) is 25.5 Å². The molecule has 1 N–H and O–H groups in total. The van der Waals surface area contributed by atoms with Crippen molar-refractivity contribution < 1.29 is 9.53 Å². The number of morpholine rings is 1. The lowest BCUT2D eigenvalue weighted by Gasteiger charge is -2.28. The van der Waals surface area contributed by atoms with Gasteiger partial charge >= 0.3 is 0 Å². The van der Waals surface area contributed by atoms with Gasteiger partial charge in [-0.2, -0.15) is 0 Å². The van der Waals surface area contributed by atoms with E-state index in [0.29, 0.717) is 12.4 Å². The van der Waals surface area contributed by atoms with Crippen LogP contribution < -0.4 is 10.2 Å². The summed E-state index contributed by atoms with van der Waals surface area (Å²) in [5, 5.41) is 10.7. The van der Waals surface area contributed by atoms with Crippen molar-refractivity contribution in [1.29, 1.82) is 0 Å². The summed E-state index contributed by atoms with van der Waals surface area (Å²) in [5.41, 5.74) is 2.37. The van der Waals surface area contributed by atoms with E-state index >= 15 is 0 Å². The number of benzene rings is 1. The Bertz CT molecular complexity index is 888. The maximum Gasteiger partial charge on any atom is 0.278 e. The molecule has 2 aromatic heterocycles. The summed E-state index contributed by atoms with van der Waals surface area (Å²) < 4.78 is 6.99. The predicted octanol–water partition coefficient (Wildman–Crippen LogP) is 1.81. The first kappa shape index (κ1) is 17.2. The Morgan fingerprint density at radius 3 is 2.67 bits per heavy atom. The number of nitrogens with one attached hydrogen (secondary N) is 1. The van der Waals surface area contributed by atoms with Crippen LogP contribution in [0.3, 0.4) is 0 Å². The third kappa shape index (κ3) is 4.29. The fourth-order valence-electron chi connectivity index (χ4n) is 2.90. The van der Waals surface area contributed by atoms with Gasteiger partial charge in [0.1, 0.15) is 5.82 Å². The topological polar surface area (TPSA) is 85.2 Å². The molecule has 138 valence electrons. The fourth-order valence-corrected chi connectivity index (χ4v) is 2.90. The fraction of sp³-hybridized carbons (Fsp3) is 0.263. The maximum atomic E-state index is 12.4. The van der Waals surface area contributed by atoms with Gasteiger partial charge in [0.05, 0.1) is 37.8 Å². The highest BCUT2D eigenvalue weighted by Crippen LogP contribution is 2.16. The highest BCUT2D eigenvalue weighted by molar-refractivity contribution is 6.02. The quantitative estimate of drug-likeness (QED) is 0.743. The average molecular weight is 364 g/mol. The number of amides is 1. The van der Waals surface area contributed by atoms with Crippen LogP contribution in [0.4, 0.5) is 11.5 Å². The molecule has 4 rings (SSSR count). The minimum Gasteiger partial charge on any atom is -0.378 e. The molecule has 1 aliphatic heterocycles. The smallest absolute Gasteiger partial charge is 0.278 e. The number of anilines is 2. The molecule has 27 heavy (non-hydrogen) atoms. The molecule has 0 bridgehead atoms. The molecule has 0 spiro atoms. The zero-order valence-corrected chi connectivity index (χ0v) is 14.8. The van der Waals surface area contributed by atoms with Crippen molar-refractivity contribution in [3.05, 3.63) is 66.1 Å². The van der Waals surface area contributed by atoms with Gasteiger partial charge in [-0.3, -0.25) is 4.79 Å². The van der Waals surface area contributed by atoms with Gasteiger partial charge in [0.2, 0.25) is 0 Å². The summed E-state index contributed by atoms with van der Waals surface area (Å²) >= 11 is 0. The predicted molar refractivity (Wildman–Crippen MR) is 101 cm³/mol. The van der Waals surface area contributed by atoms with Gasteiger partial charge in [-0.25, -0.2) is 9.67 Å². The van der Waals surface area contributed by atoms with Gasteiger partial charge in [0.25, 0.3) is 5.91 Å². The van der Waals surface area contributed by atoms with Crippen LogP contribution in [0.2, 0.25) is 0 Å². The van der Waals surface area contributed by atoms with Crippen LogP contribution in [-0.2, 0) is 11.3 Å². The largest absolute Gasteiger partial charge is 0.378 e. The van der Waals surface area contributed by atoms with Gasteiger partial charge in [-0.1, -0.05) is 35.5 Å². The van der Waals surface area contributed by atoms with Crippen LogP contribution in [0.25, 0.3) is 0 Å². The van der Waals surface area contributed by atoms with Crippen LogP contribution in [-0.4, -0.2) is 52.2 Å². The second-order valence-corrected chi connectivity index (χ2v) is 6.24. The average Bonchev–Trinajstić information content (AvgIpc) is 3.19. The number of ether oxygens (including phenoxy) is 1. The molecule has 1 fully saturated rings. The molecule has 0 saturated carbocycles. The number of pyridine rings is 1. The normalized spacial score (nSPS) is 14.1. The van der Waals surface area contributed by atoms with Crippen LogP contribution in [0, 0.1) is 0 Å². The SMILES string of the molecule is O=C(Nc1ccc(N2CCOCC2)cn1)c1cn(Cc2ccccc2)nn1. The Morgan fingerprint density at radius 1 is 1.11 bits per heavy atom. The number of rotatable bonds is 5. The van der Waals surface area contributed by atoms with Crippen LogP contribution >= 0.6 is 0 Å². The molecule has 0 radical (unpaired) electrons.